The van der Waals surface area contributed by atoms with E-state index in [0.29, 0.717) is 47.8 Å². The van der Waals surface area contributed by atoms with E-state index in [1.54, 1.807) is 42.9 Å². The summed E-state index contributed by atoms with van der Waals surface area (Å²) in [7, 11) is 0. The van der Waals surface area contributed by atoms with E-state index in [1.165, 1.54) is 26.0 Å². The maximum Gasteiger partial charge on any atom is 0.347 e. The minimum Gasteiger partial charge on any atom is -0.488 e. The van der Waals surface area contributed by atoms with Gasteiger partial charge in [0.25, 0.3) is 5.88 Å². The van der Waals surface area contributed by atoms with E-state index < -0.39 is 17.4 Å². The molecule has 0 amide bonds. The van der Waals surface area contributed by atoms with Gasteiger partial charge >= 0.3 is 5.97 Å². The normalized spacial score (nSPS) is 15.1. The van der Waals surface area contributed by atoms with Crippen molar-refractivity contribution in [3.63, 3.8) is 0 Å². The molecule has 0 spiro atoms. The number of ether oxygens (including phenoxy) is 3. The molecule has 43 heavy (non-hydrogen) atoms. The lowest BCUT2D eigenvalue weighted by atomic mass is 10.1. The van der Waals surface area contributed by atoms with Gasteiger partial charge in [-0.3, -0.25) is 4.98 Å². The number of anilines is 3. The number of pyridine rings is 2. The van der Waals surface area contributed by atoms with E-state index in [0.717, 1.165) is 19.4 Å². The number of halogens is 1. The van der Waals surface area contributed by atoms with Gasteiger partial charge in [-0.05, 0) is 70.0 Å². The minimum atomic E-state index is -1.46. The first-order valence-electron chi connectivity index (χ1n) is 14.0. The summed E-state index contributed by atoms with van der Waals surface area (Å²) >= 11 is 0. The largest absolute Gasteiger partial charge is 0.488 e. The van der Waals surface area contributed by atoms with Crippen molar-refractivity contribution >= 4 is 23.4 Å². The monoisotopic (exact) mass is 588 g/mol. The van der Waals surface area contributed by atoms with Crippen LogP contribution in [0.25, 0.3) is 11.3 Å². The molecule has 1 saturated heterocycles. The third-order valence-electron chi connectivity index (χ3n) is 6.74. The van der Waals surface area contributed by atoms with E-state index >= 15 is 0 Å². The Labute approximate surface area is 248 Å². The summed E-state index contributed by atoms with van der Waals surface area (Å²) in [6.07, 6.45) is 6.59. The molecule has 5 rings (SSSR count). The number of carbonyl (C=O) groups is 1. The zero-order valence-electron chi connectivity index (χ0n) is 24.2. The van der Waals surface area contributed by atoms with Gasteiger partial charge in [0.2, 0.25) is 0 Å². The van der Waals surface area contributed by atoms with E-state index in [4.69, 9.17) is 19.2 Å². The number of carboxylic acids is 1. The van der Waals surface area contributed by atoms with E-state index in [9.17, 15) is 14.3 Å². The molecular weight excluding hydrogens is 555 g/mol. The van der Waals surface area contributed by atoms with E-state index in [1.807, 2.05) is 19.1 Å². The van der Waals surface area contributed by atoms with Crippen molar-refractivity contribution in [2.24, 2.45) is 0 Å². The van der Waals surface area contributed by atoms with Crippen LogP contribution >= 0.6 is 0 Å². The van der Waals surface area contributed by atoms with Crippen molar-refractivity contribution in [2.75, 3.05) is 29.9 Å². The van der Waals surface area contributed by atoms with Crippen LogP contribution in [0.4, 0.5) is 21.8 Å². The third-order valence-corrected chi connectivity index (χ3v) is 6.74. The lowest BCUT2D eigenvalue weighted by Gasteiger charge is -2.33. The number of hydrogen-bond acceptors (Lipinski definition) is 10. The number of nitrogens with one attached hydrogen (secondary N) is 1. The van der Waals surface area contributed by atoms with Crippen LogP contribution in [-0.4, -0.2) is 62.4 Å². The van der Waals surface area contributed by atoms with Gasteiger partial charge in [0.15, 0.2) is 17.2 Å². The van der Waals surface area contributed by atoms with E-state index in [-0.39, 0.29) is 17.5 Å². The molecule has 224 valence electrons. The average molecular weight is 589 g/mol. The van der Waals surface area contributed by atoms with Crippen molar-refractivity contribution in [1.82, 2.24) is 19.9 Å². The second-order valence-electron chi connectivity index (χ2n) is 10.4. The molecule has 0 radical (unpaired) electrons. The topological polar surface area (TPSA) is 132 Å². The predicted molar refractivity (Wildman–Crippen MR) is 159 cm³/mol. The number of rotatable bonds is 11. The van der Waals surface area contributed by atoms with Crippen LogP contribution in [0.3, 0.4) is 0 Å². The zero-order valence-corrected chi connectivity index (χ0v) is 24.2. The smallest absolute Gasteiger partial charge is 0.347 e. The molecule has 2 N–H and O–H groups in total. The highest BCUT2D eigenvalue weighted by Crippen LogP contribution is 2.30. The van der Waals surface area contributed by atoms with Gasteiger partial charge in [-0.1, -0.05) is 12.1 Å². The zero-order chi connectivity index (χ0) is 30.4. The lowest BCUT2D eigenvalue weighted by Crippen LogP contribution is -2.41. The van der Waals surface area contributed by atoms with Crippen molar-refractivity contribution < 1.29 is 28.5 Å². The van der Waals surface area contributed by atoms with E-state index in [2.05, 4.69) is 25.2 Å². The van der Waals surface area contributed by atoms with Gasteiger partial charge in [-0.25, -0.2) is 24.1 Å². The molecule has 12 heteroatoms. The van der Waals surface area contributed by atoms with Crippen molar-refractivity contribution in [2.45, 2.75) is 45.3 Å². The number of piperidine rings is 1. The fourth-order valence-corrected chi connectivity index (χ4v) is 4.59. The van der Waals surface area contributed by atoms with Crippen LogP contribution in [0.5, 0.6) is 17.4 Å². The molecule has 3 aromatic heterocycles. The summed E-state index contributed by atoms with van der Waals surface area (Å²) in [5.41, 5.74) is -0.952. The first kappa shape index (κ1) is 29.5. The molecule has 4 heterocycles. The summed E-state index contributed by atoms with van der Waals surface area (Å²) in [5, 5.41) is 12.5. The van der Waals surface area contributed by atoms with Gasteiger partial charge in [-0.15, -0.1) is 0 Å². The molecule has 0 bridgehead atoms. The number of carboxylic acid groups (broad SMARTS) is 1. The maximum absolute atomic E-state index is 14.9. The Morgan fingerprint density at radius 3 is 2.81 bits per heavy atom. The van der Waals surface area contributed by atoms with Crippen LogP contribution in [0, 0.1) is 5.82 Å². The molecule has 1 atom stereocenters. The minimum absolute atomic E-state index is 0.0738. The molecule has 1 aliphatic heterocycles. The summed E-state index contributed by atoms with van der Waals surface area (Å²) in [5.74, 6) is 1.17. The van der Waals surface area contributed by atoms with Crippen LogP contribution in [0.2, 0.25) is 0 Å². The SMILES string of the molecule is CCOc1cccnc1OC1CCCN(c2cncc(Nc3ccc(F)c(-c4cccc(OC(C)(C)C(=O)O)c4)n3)n2)C1. The Bertz CT molecular complexity index is 1590. The maximum atomic E-state index is 14.9. The summed E-state index contributed by atoms with van der Waals surface area (Å²) < 4.78 is 32.3. The third kappa shape index (κ3) is 7.26. The molecule has 0 saturated carbocycles. The Morgan fingerprint density at radius 1 is 1.14 bits per heavy atom. The van der Waals surface area contributed by atoms with Gasteiger partial charge in [0.05, 0.1) is 25.5 Å². The Balaban J connectivity index is 1.30. The molecule has 4 aromatic rings. The molecule has 1 aliphatic rings. The Hall–Kier alpha value is -5.00. The van der Waals surface area contributed by atoms with Crippen LogP contribution in [0.1, 0.15) is 33.6 Å². The van der Waals surface area contributed by atoms with Gasteiger partial charge in [0, 0.05) is 18.3 Å². The van der Waals surface area contributed by atoms with Crippen LogP contribution < -0.4 is 24.4 Å². The lowest BCUT2D eigenvalue weighted by molar-refractivity contribution is -0.152. The van der Waals surface area contributed by atoms with Crippen LogP contribution in [0.15, 0.2) is 67.1 Å². The average Bonchev–Trinajstić information content (AvgIpc) is 2.99. The molecule has 1 fully saturated rings. The number of aliphatic carboxylic acids is 1. The van der Waals surface area contributed by atoms with Gasteiger partial charge in [-0.2, -0.15) is 0 Å². The highest BCUT2D eigenvalue weighted by atomic mass is 19.1. The molecule has 11 nitrogen and oxygen atoms in total. The summed E-state index contributed by atoms with van der Waals surface area (Å²) in [6, 6.07) is 13.0. The van der Waals surface area contributed by atoms with Crippen molar-refractivity contribution in [3.8, 4) is 28.6 Å². The Morgan fingerprint density at radius 2 is 2.00 bits per heavy atom. The van der Waals surface area contributed by atoms with Crippen molar-refractivity contribution in [3.05, 3.63) is 72.9 Å². The second-order valence-corrected chi connectivity index (χ2v) is 10.4. The van der Waals surface area contributed by atoms with Gasteiger partial charge in [0.1, 0.15) is 35.0 Å². The quantitative estimate of drug-likeness (QED) is 0.230. The predicted octanol–water partition coefficient (Wildman–Crippen LogP) is 5.50. The molecule has 1 aromatic carbocycles. The first-order chi connectivity index (χ1) is 20.7. The fourth-order valence-electron chi connectivity index (χ4n) is 4.59. The second kappa shape index (κ2) is 12.9. The first-order valence-corrected chi connectivity index (χ1v) is 14.0. The molecular formula is C31H33FN6O5. The number of nitrogens with zero attached hydrogens (tertiary/aromatic N) is 5. The number of hydrogen-bond donors (Lipinski definition) is 2. The highest BCUT2D eigenvalue weighted by Gasteiger charge is 2.29. The van der Waals surface area contributed by atoms with Gasteiger partial charge < -0.3 is 29.5 Å². The highest BCUT2D eigenvalue weighted by molar-refractivity contribution is 5.77. The molecule has 1 unspecified atom stereocenters. The molecule has 0 aliphatic carbocycles. The number of aromatic nitrogens is 4. The fraction of sp³-hybridized carbons (Fsp3) is 0.323. The standard InChI is InChI=1S/C31H33FN6O5/c1-4-41-24-11-6-14-34-29(24)42-22-10-7-15-38(19-22)27-18-33-17-26(36-27)35-25-13-12-23(32)28(37-25)20-8-5-9-21(16-20)43-31(2,3)30(39)40/h5-6,8-9,11-14,16-18,22H,4,7,10,15,19H2,1-3H3,(H,39,40)(H,35,36,37). The van der Waals surface area contributed by atoms with Crippen molar-refractivity contribution in [1.29, 1.82) is 0 Å². The summed E-state index contributed by atoms with van der Waals surface area (Å²) in [6.45, 7) is 6.70. The Kier molecular flexibility index (Phi) is 8.84. The number of benzene rings is 1. The summed E-state index contributed by atoms with van der Waals surface area (Å²) in [4.78, 5) is 31.4. The van der Waals surface area contributed by atoms with Crippen LogP contribution in [-0.2, 0) is 4.79 Å².